The zero-order chi connectivity index (χ0) is 28.5. The van der Waals surface area contributed by atoms with Crippen LogP contribution in [0.3, 0.4) is 0 Å². The molecule has 0 saturated heterocycles. The van der Waals surface area contributed by atoms with Crippen molar-refractivity contribution in [1.29, 1.82) is 0 Å². The molecule has 0 unspecified atom stereocenters. The summed E-state index contributed by atoms with van der Waals surface area (Å²) < 4.78 is 43.3. The number of alkyl halides is 3. The van der Waals surface area contributed by atoms with Crippen LogP contribution in [-0.4, -0.2) is 30.6 Å². The molecule has 0 aliphatic rings. The van der Waals surface area contributed by atoms with E-state index in [0.717, 1.165) is 43.4 Å². The highest BCUT2D eigenvalue weighted by Crippen LogP contribution is 2.37. The Morgan fingerprint density at radius 2 is 1.31 bits per heavy atom. The van der Waals surface area contributed by atoms with E-state index in [9.17, 15) is 27.9 Å². The first kappa shape index (κ1) is 29.9. The Hall–Kier alpha value is -3.65. The number of unbranched alkanes of at least 4 members (excludes halogenated alkanes) is 3. The molecule has 3 rings (SSSR count). The molecule has 0 aliphatic heterocycles. The number of rotatable bonds is 12. The summed E-state index contributed by atoms with van der Waals surface area (Å²) in [5.74, 6) is -0.749. The third-order valence-electron chi connectivity index (χ3n) is 6.77. The van der Waals surface area contributed by atoms with Gasteiger partial charge in [-0.05, 0) is 59.4 Å². The monoisotopic (exact) mass is 541 g/mol. The average molecular weight is 542 g/mol. The number of methoxy groups -OCH3 is 1. The van der Waals surface area contributed by atoms with Crippen molar-refractivity contribution in [2.45, 2.75) is 57.2 Å². The van der Waals surface area contributed by atoms with Gasteiger partial charge in [0, 0.05) is 12.1 Å². The summed E-state index contributed by atoms with van der Waals surface area (Å²) >= 11 is 0. The summed E-state index contributed by atoms with van der Waals surface area (Å²) in [5.41, 5.74) is 1.05. The van der Waals surface area contributed by atoms with Gasteiger partial charge in [-0.3, -0.25) is 9.59 Å². The van der Waals surface area contributed by atoms with Crippen molar-refractivity contribution >= 4 is 11.9 Å². The number of esters is 1. The fourth-order valence-electron chi connectivity index (χ4n) is 4.43. The van der Waals surface area contributed by atoms with Crippen molar-refractivity contribution in [3.63, 3.8) is 0 Å². The maximum absolute atomic E-state index is 12.9. The Morgan fingerprint density at radius 1 is 0.795 bits per heavy atom. The Labute approximate surface area is 227 Å². The molecule has 1 amide bonds. The summed E-state index contributed by atoms with van der Waals surface area (Å²) in [4.78, 5) is 23.7. The molecule has 0 spiro atoms. The number of aliphatic hydroxyl groups is 1. The molecule has 0 fully saturated rings. The quantitative estimate of drug-likeness (QED) is 0.194. The molecule has 8 heteroatoms. The predicted octanol–water partition coefficient (Wildman–Crippen LogP) is 6.87. The molecule has 2 N–H and O–H groups in total. The normalized spacial score (nSPS) is 13.0. The van der Waals surface area contributed by atoms with Crippen molar-refractivity contribution in [1.82, 2.24) is 5.32 Å². The molecular formula is C31H34F3NO4. The fraction of sp³-hybridized carbons (Fsp3) is 0.355. The minimum atomic E-state index is -4.39. The molecule has 5 nitrogen and oxygen atoms in total. The van der Waals surface area contributed by atoms with Gasteiger partial charge in [-0.15, -0.1) is 0 Å². The van der Waals surface area contributed by atoms with Gasteiger partial charge in [0.05, 0.1) is 19.1 Å². The molecule has 0 heterocycles. The van der Waals surface area contributed by atoms with Crippen LogP contribution in [0.1, 0.15) is 72.5 Å². The number of hydrogen-bond acceptors (Lipinski definition) is 4. The molecule has 0 aliphatic carbocycles. The number of nitrogens with one attached hydrogen (secondary N) is 1. The second-order valence-corrected chi connectivity index (χ2v) is 9.48. The highest BCUT2D eigenvalue weighted by molar-refractivity contribution is 5.94. The number of carbonyl (C=O) groups excluding carboxylic acids is 2. The lowest BCUT2D eigenvalue weighted by atomic mass is 9.81. The van der Waals surface area contributed by atoms with E-state index in [1.807, 2.05) is 0 Å². The lowest BCUT2D eigenvalue weighted by molar-refractivity contribution is -0.140. The molecule has 3 aromatic rings. The van der Waals surface area contributed by atoms with E-state index in [1.165, 1.54) is 19.2 Å². The molecule has 208 valence electrons. The Kier molecular flexibility index (Phi) is 10.3. The second-order valence-electron chi connectivity index (χ2n) is 9.48. The van der Waals surface area contributed by atoms with E-state index >= 15 is 0 Å². The van der Waals surface area contributed by atoms with Crippen molar-refractivity contribution in [3.05, 3.63) is 95.1 Å². The lowest BCUT2D eigenvalue weighted by Crippen LogP contribution is -2.28. The topological polar surface area (TPSA) is 75.6 Å². The molecule has 0 radical (unpaired) electrons. The SMILES string of the molecule is CCCCCC[C@](O)(c1ccc(C(=O)NCCC(=O)OC)cc1)c1ccc(-c2ccc(C(F)(F)F)cc2)cc1. The van der Waals surface area contributed by atoms with Crippen LogP contribution in [0.15, 0.2) is 72.8 Å². The van der Waals surface area contributed by atoms with Crippen LogP contribution in [0.4, 0.5) is 13.2 Å². The molecule has 0 bridgehead atoms. The minimum Gasteiger partial charge on any atom is -0.469 e. The van der Waals surface area contributed by atoms with Crippen LogP contribution in [0.25, 0.3) is 11.1 Å². The Balaban J connectivity index is 1.82. The van der Waals surface area contributed by atoms with Crippen LogP contribution in [0.5, 0.6) is 0 Å². The first-order valence-corrected chi connectivity index (χ1v) is 13.0. The Bertz CT molecular complexity index is 1220. The number of amides is 1. The van der Waals surface area contributed by atoms with Gasteiger partial charge >= 0.3 is 12.1 Å². The summed E-state index contributed by atoms with van der Waals surface area (Å²) in [7, 11) is 1.29. The number of carbonyl (C=O) groups is 2. The van der Waals surface area contributed by atoms with Crippen LogP contribution < -0.4 is 5.32 Å². The third-order valence-corrected chi connectivity index (χ3v) is 6.77. The van der Waals surface area contributed by atoms with Gasteiger partial charge in [0.1, 0.15) is 5.60 Å². The molecular weight excluding hydrogens is 507 g/mol. The lowest BCUT2D eigenvalue weighted by Gasteiger charge is -2.30. The van der Waals surface area contributed by atoms with Gasteiger partial charge in [-0.1, -0.05) is 74.7 Å². The fourth-order valence-corrected chi connectivity index (χ4v) is 4.43. The van der Waals surface area contributed by atoms with Gasteiger partial charge in [-0.2, -0.15) is 13.2 Å². The smallest absolute Gasteiger partial charge is 0.416 e. The number of ether oxygens (including phenoxy) is 1. The van der Waals surface area contributed by atoms with E-state index < -0.39 is 23.3 Å². The number of benzene rings is 3. The van der Waals surface area contributed by atoms with E-state index in [1.54, 1.807) is 48.5 Å². The highest BCUT2D eigenvalue weighted by Gasteiger charge is 2.32. The van der Waals surface area contributed by atoms with E-state index in [2.05, 4.69) is 17.0 Å². The summed E-state index contributed by atoms with van der Waals surface area (Å²) in [6, 6.07) is 18.9. The van der Waals surface area contributed by atoms with Crippen LogP contribution in [-0.2, 0) is 21.3 Å². The van der Waals surface area contributed by atoms with Crippen molar-refractivity contribution in [2.75, 3.05) is 13.7 Å². The van der Waals surface area contributed by atoms with Crippen molar-refractivity contribution in [2.24, 2.45) is 0 Å². The summed E-state index contributed by atoms with van der Waals surface area (Å²) in [6.07, 6.45) is 0.00505. The first-order valence-electron chi connectivity index (χ1n) is 13.0. The summed E-state index contributed by atoms with van der Waals surface area (Å²) in [5, 5.41) is 14.6. The molecule has 39 heavy (non-hydrogen) atoms. The van der Waals surface area contributed by atoms with Gasteiger partial charge in [0.15, 0.2) is 0 Å². The molecule has 0 saturated carbocycles. The standard InChI is InChI=1S/C31H34F3NO4/c1-3-4-5-6-20-30(38,26-15-11-24(12-16-26)29(37)35-21-19-28(36)39-2)25-13-7-22(8-14-25)23-9-17-27(18-10-23)31(32,33)34/h7-18,38H,3-6,19-21H2,1-2H3,(H,35,37)/t30-/m1/s1. The van der Waals surface area contributed by atoms with Crippen molar-refractivity contribution < 1.29 is 32.6 Å². The van der Waals surface area contributed by atoms with Gasteiger partial charge in [0.2, 0.25) is 0 Å². The highest BCUT2D eigenvalue weighted by atomic mass is 19.4. The first-order chi connectivity index (χ1) is 18.6. The van der Waals surface area contributed by atoms with Gasteiger partial charge in [-0.25, -0.2) is 0 Å². The Morgan fingerprint density at radius 3 is 1.79 bits per heavy atom. The van der Waals surface area contributed by atoms with Crippen LogP contribution >= 0.6 is 0 Å². The molecule has 1 atom stereocenters. The van der Waals surface area contributed by atoms with E-state index in [4.69, 9.17) is 0 Å². The minimum absolute atomic E-state index is 0.0697. The third kappa shape index (κ3) is 7.93. The molecule has 3 aromatic carbocycles. The average Bonchev–Trinajstić information content (AvgIpc) is 2.95. The van der Waals surface area contributed by atoms with Crippen LogP contribution in [0.2, 0.25) is 0 Å². The maximum Gasteiger partial charge on any atom is 0.416 e. The number of halogens is 3. The predicted molar refractivity (Wildman–Crippen MR) is 144 cm³/mol. The van der Waals surface area contributed by atoms with E-state index in [-0.39, 0.29) is 18.9 Å². The largest absolute Gasteiger partial charge is 0.469 e. The summed E-state index contributed by atoms with van der Waals surface area (Å²) in [6.45, 7) is 2.26. The molecule has 0 aromatic heterocycles. The van der Waals surface area contributed by atoms with Crippen LogP contribution in [0, 0.1) is 0 Å². The van der Waals surface area contributed by atoms with Gasteiger partial charge in [0.25, 0.3) is 5.91 Å². The van der Waals surface area contributed by atoms with Crippen molar-refractivity contribution in [3.8, 4) is 11.1 Å². The van der Waals surface area contributed by atoms with Gasteiger partial charge < -0.3 is 15.2 Å². The zero-order valence-electron chi connectivity index (χ0n) is 22.2. The number of hydrogen-bond donors (Lipinski definition) is 2. The maximum atomic E-state index is 12.9. The van der Waals surface area contributed by atoms with E-state index in [0.29, 0.717) is 28.7 Å². The second kappa shape index (κ2) is 13.4. The zero-order valence-corrected chi connectivity index (χ0v) is 22.2.